The standard InChI is InChI=1S/C47H29N3.CH4/c1-5-16-30(17-6-1)40-34-24-13-14-25-35(34)41(31-18-7-2-8-19-31)44-39-29-28-37(36-26-15-27-38(42(36)39)43(40)44)47-49-45(32-20-9-3-10-21-32)48-46(50-47)33-22-11-4-12-23-33;/h1-29H;1H4. The van der Waals surface area contributed by atoms with E-state index < -0.39 is 0 Å². The topological polar surface area (TPSA) is 38.7 Å². The fourth-order valence-corrected chi connectivity index (χ4v) is 7.73. The first-order valence-corrected chi connectivity index (χ1v) is 17.0. The summed E-state index contributed by atoms with van der Waals surface area (Å²) >= 11 is 0. The van der Waals surface area contributed by atoms with E-state index in [2.05, 4.69) is 140 Å². The predicted molar refractivity (Wildman–Crippen MR) is 213 cm³/mol. The summed E-state index contributed by atoms with van der Waals surface area (Å²) in [5.41, 5.74) is 12.9. The average molecular weight is 652 g/mol. The van der Waals surface area contributed by atoms with Crippen molar-refractivity contribution in [3.8, 4) is 78.7 Å². The highest BCUT2D eigenvalue weighted by Crippen LogP contribution is 2.58. The molecule has 0 saturated heterocycles. The normalized spacial score (nSPS) is 11.4. The van der Waals surface area contributed by atoms with Crippen LogP contribution in [-0.2, 0) is 0 Å². The van der Waals surface area contributed by atoms with Gasteiger partial charge in [-0.3, -0.25) is 0 Å². The van der Waals surface area contributed by atoms with Crippen LogP contribution in [0.1, 0.15) is 7.43 Å². The minimum absolute atomic E-state index is 0. The fourth-order valence-electron chi connectivity index (χ4n) is 7.73. The summed E-state index contributed by atoms with van der Waals surface area (Å²) in [6, 6.07) is 62.1. The van der Waals surface area contributed by atoms with Crippen molar-refractivity contribution >= 4 is 21.5 Å². The quantitative estimate of drug-likeness (QED) is 0.186. The second kappa shape index (κ2) is 12.3. The van der Waals surface area contributed by atoms with Gasteiger partial charge < -0.3 is 0 Å². The van der Waals surface area contributed by atoms with Gasteiger partial charge in [0.15, 0.2) is 17.5 Å². The molecule has 51 heavy (non-hydrogen) atoms. The molecule has 0 bridgehead atoms. The maximum atomic E-state index is 5.13. The van der Waals surface area contributed by atoms with Crippen molar-refractivity contribution in [1.29, 1.82) is 0 Å². The number of aromatic nitrogens is 3. The number of rotatable bonds is 5. The molecule has 1 aromatic heterocycles. The number of hydrogen-bond acceptors (Lipinski definition) is 3. The van der Waals surface area contributed by atoms with Crippen LogP contribution in [0, 0.1) is 0 Å². The van der Waals surface area contributed by atoms with E-state index in [1.807, 2.05) is 36.4 Å². The Morgan fingerprint density at radius 3 is 1.12 bits per heavy atom. The van der Waals surface area contributed by atoms with Gasteiger partial charge in [-0.15, -0.1) is 0 Å². The van der Waals surface area contributed by atoms with Gasteiger partial charge in [-0.25, -0.2) is 15.0 Å². The van der Waals surface area contributed by atoms with Crippen molar-refractivity contribution in [1.82, 2.24) is 15.0 Å². The smallest absolute Gasteiger partial charge is 0.164 e. The van der Waals surface area contributed by atoms with Crippen molar-refractivity contribution in [2.45, 2.75) is 7.43 Å². The molecule has 8 aromatic carbocycles. The minimum atomic E-state index is 0. The van der Waals surface area contributed by atoms with Crippen LogP contribution in [0.5, 0.6) is 0 Å². The Bertz CT molecular complexity index is 2570. The highest BCUT2D eigenvalue weighted by atomic mass is 15.0. The van der Waals surface area contributed by atoms with Crippen molar-refractivity contribution in [3.05, 3.63) is 176 Å². The minimum Gasteiger partial charge on any atom is -0.208 e. The highest BCUT2D eigenvalue weighted by Gasteiger charge is 2.31. The molecule has 10 rings (SSSR count). The molecule has 0 N–H and O–H groups in total. The third kappa shape index (κ3) is 4.86. The molecule has 3 heteroatoms. The van der Waals surface area contributed by atoms with E-state index in [1.165, 1.54) is 60.7 Å². The van der Waals surface area contributed by atoms with Crippen LogP contribution in [0.25, 0.3) is 100 Å². The van der Waals surface area contributed by atoms with Crippen molar-refractivity contribution < 1.29 is 0 Å². The maximum absolute atomic E-state index is 5.13. The van der Waals surface area contributed by atoms with Crippen LogP contribution in [0.15, 0.2) is 176 Å². The summed E-state index contributed by atoms with van der Waals surface area (Å²) in [5.74, 6) is 1.98. The predicted octanol–water partition coefficient (Wildman–Crippen LogP) is 12.8. The molecule has 1 heterocycles. The SMILES string of the molecule is C.c1ccc(-c2nc(-c3ccccc3)nc(-c3ccc4c5c(cccc35)-c3c-4c(-c4ccccc4)c4ccccc4c3-c3ccccc3)n2)cc1. The summed E-state index contributed by atoms with van der Waals surface area (Å²) in [6.07, 6.45) is 0. The molecular formula is C48H33N3. The Labute approximate surface area is 297 Å². The van der Waals surface area contributed by atoms with Gasteiger partial charge in [0.05, 0.1) is 0 Å². The van der Waals surface area contributed by atoms with E-state index in [9.17, 15) is 0 Å². The van der Waals surface area contributed by atoms with Crippen LogP contribution < -0.4 is 0 Å². The summed E-state index contributed by atoms with van der Waals surface area (Å²) in [4.78, 5) is 15.2. The molecular weight excluding hydrogens is 619 g/mol. The largest absolute Gasteiger partial charge is 0.208 e. The van der Waals surface area contributed by atoms with Crippen molar-refractivity contribution in [2.24, 2.45) is 0 Å². The van der Waals surface area contributed by atoms with Gasteiger partial charge in [0, 0.05) is 16.7 Å². The summed E-state index contributed by atoms with van der Waals surface area (Å²) in [5, 5.41) is 4.85. The number of nitrogens with zero attached hydrogens (tertiary/aromatic N) is 3. The zero-order valence-corrected chi connectivity index (χ0v) is 27.1. The van der Waals surface area contributed by atoms with Crippen LogP contribution in [0.4, 0.5) is 0 Å². The molecule has 240 valence electrons. The Morgan fingerprint density at radius 1 is 0.255 bits per heavy atom. The molecule has 9 aromatic rings. The van der Waals surface area contributed by atoms with E-state index in [0.29, 0.717) is 17.5 Å². The Kier molecular flexibility index (Phi) is 7.33. The van der Waals surface area contributed by atoms with Crippen LogP contribution in [0.2, 0.25) is 0 Å². The van der Waals surface area contributed by atoms with E-state index in [1.54, 1.807) is 0 Å². The van der Waals surface area contributed by atoms with Crippen molar-refractivity contribution in [2.75, 3.05) is 0 Å². The molecule has 1 aliphatic rings. The zero-order valence-electron chi connectivity index (χ0n) is 27.1. The van der Waals surface area contributed by atoms with Crippen LogP contribution in [0.3, 0.4) is 0 Å². The van der Waals surface area contributed by atoms with Gasteiger partial charge in [0.25, 0.3) is 0 Å². The molecule has 1 aliphatic carbocycles. The Balaban J connectivity index is 0.00000348. The maximum Gasteiger partial charge on any atom is 0.164 e. The third-order valence-corrected chi connectivity index (χ3v) is 9.86. The van der Waals surface area contributed by atoms with E-state index in [4.69, 9.17) is 15.0 Å². The van der Waals surface area contributed by atoms with E-state index in [0.717, 1.165) is 22.1 Å². The van der Waals surface area contributed by atoms with Crippen LogP contribution >= 0.6 is 0 Å². The molecule has 3 nitrogen and oxygen atoms in total. The van der Waals surface area contributed by atoms with Gasteiger partial charge in [-0.2, -0.15) is 0 Å². The molecule has 0 atom stereocenters. The Hall–Kier alpha value is -6.71. The first-order valence-electron chi connectivity index (χ1n) is 17.0. The highest BCUT2D eigenvalue weighted by molar-refractivity contribution is 6.28. The monoisotopic (exact) mass is 651 g/mol. The lowest BCUT2D eigenvalue weighted by atomic mass is 9.82. The second-order valence-electron chi connectivity index (χ2n) is 12.7. The zero-order chi connectivity index (χ0) is 33.0. The molecule has 0 aliphatic heterocycles. The van der Waals surface area contributed by atoms with E-state index >= 15 is 0 Å². The molecule has 0 fully saturated rings. The summed E-state index contributed by atoms with van der Waals surface area (Å²) in [6.45, 7) is 0. The summed E-state index contributed by atoms with van der Waals surface area (Å²) < 4.78 is 0. The first-order chi connectivity index (χ1) is 24.8. The van der Waals surface area contributed by atoms with E-state index in [-0.39, 0.29) is 7.43 Å². The number of benzene rings is 8. The average Bonchev–Trinajstić information content (AvgIpc) is 3.53. The molecule has 0 radical (unpaired) electrons. The van der Waals surface area contributed by atoms with Crippen LogP contribution in [-0.4, -0.2) is 15.0 Å². The van der Waals surface area contributed by atoms with Gasteiger partial charge in [0.2, 0.25) is 0 Å². The lowest BCUT2D eigenvalue weighted by Gasteiger charge is -2.20. The van der Waals surface area contributed by atoms with Crippen molar-refractivity contribution in [3.63, 3.8) is 0 Å². The van der Waals surface area contributed by atoms with Gasteiger partial charge in [-0.05, 0) is 72.1 Å². The van der Waals surface area contributed by atoms with Gasteiger partial charge >= 0.3 is 0 Å². The lowest BCUT2D eigenvalue weighted by molar-refractivity contribution is 1.08. The molecule has 0 saturated carbocycles. The lowest BCUT2D eigenvalue weighted by Crippen LogP contribution is -2.00. The van der Waals surface area contributed by atoms with Gasteiger partial charge in [-0.1, -0.05) is 177 Å². The fraction of sp³-hybridized carbons (Fsp3) is 0.0208. The number of hydrogen-bond donors (Lipinski definition) is 0. The Morgan fingerprint density at radius 2 is 0.627 bits per heavy atom. The molecule has 0 unspecified atom stereocenters. The van der Waals surface area contributed by atoms with Gasteiger partial charge in [0.1, 0.15) is 0 Å². The number of fused-ring (bicyclic) bond motifs is 4. The molecule has 0 amide bonds. The third-order valence-electron chi connectivity index (χ3n) is 9.86. The first kappa shape index (κ1) is 30.4. The summed E-state index contributed by atoms with van der Waals surface area (Å²) in [7, 11) is 0. The molecule has 0 spiro atoms. The second-order valence-corrected chi connectivity index (χ2v) is 12.7.